The van der Waals surface area contributed by atoms with Crippen molar-refractivity contribution in [2.75, 3.05) is 0 Å². The topological polar surface area (TPSA) is 54.9 Å². The van der Waals surface area contributed by atoms with E-state index >= 15 is 0 Å². The average Bonchev–Trinajstić information content (AvgIpc) is 2.72. The van der Waals surface area contributed by atoms with Crippen LogP contribution in [0, 0.1) is 6.92 Å². The van der Waals surface area contributed by atoms with Crippen LogP contribution in [0.2, 0.25) is 0 Å². The number of nitrogens with zero attached hydrogens (tertiary/aromatic N) is 1. The third kappa shape index (κ3) is 1.69. The third-order valence-electron chi connectivity index (χ3n) is 3.24. The van der Waals surface area contributed by atoms with E-state index in [1.54, 1.807) is 6.92 Å². The second-order valence-electron chi connectivity index (χ2n) is 4.41. The summed E-state index contributed by atoms with van der Waals surface area (Å²) in [6.45, 7) is 1.72. The number of carbonyl (C=O) groups is 1. The maximum absolute atomic E-state index is 12.2. The quantitative estimate of drug-likeness (QED) is 0.712. The summed E-state index contributed by atoms with van der Waals surface area (Å²) in [6, 6.07) is 13.5. The Bertz CT molecular complexity index is 822. The number of carbonyl (C=O) groups excluding carboxylic acids is 1. The highest BCUT2D eigenvalue weighted by Crippen LogP contribution is 2.20. The van der Waals surface area contributed by atoms with Gasteiger partial charge < -0.3 is 0 Å². The van der Waals surface area contributed by atoms with Gasteiger partial charge in [0.1, 0.15) is 5.56 Å². The largest absolute Gasteiger partial charge is 0.298 e. The molecule has 3 rings (SSSR count). The van der Waals surface area contributed by atoms with Gasteiger partial charge in [0.2, 0.25) is 0 Å². The summed E-state index contributed by atoms with van der Waals surface area (Å²) in [6.07, 6.45) is 0.593. The summed E-state index contributed by atoms with van der Waals surface area (Å²) in [7, 11) is 0. The lowest BCUT2D eigenvalue weighted by molar-refractivity contribution is 0.112. The molecule has 0 unspecified atom stereocenters. The zero-order valence-corrected chi connectivity index (χ0v) is 10.4. The standard InChI is InChI=1S/C15H12N2O2/c1-10-13(9-18)15(19)17(16-10)14-8-4-6-11-5-2-3-7-12(11)14/h2-9,16H,1H3. The molecule has 0 atom stereocenters. The fourth-order valence-corrected chi connectivity index (χ4v) is 2.27. The number of hydrogen-bond acceptors (Lipinski definition) is 2. The molecular weight excluding hydrogens is 240 g/mol. The molecule has 0 aliphatic rings. The molecular formula is C15H12N2O2. The number of H-pyrrole nitrogens is 1. The predicted octanol–water partition coefficient (Wildman–Crippen LogP) is 2.44. The fourth-order valence-electron chi connectivity index (χ4n) is 2.27. The fraction of sp³-hybridized carbons (Fsp3) is 0.0667. The van der Waals surface area contributed by atoms with Crippen LogP contribution >= 0.6 is 0 Å². The molecule has 3 aromatic rings. The van der Waals surface area contributed by atoms with Crippen LogP contribution in [0.15, 0.2) is 47.3 Å². The second-order valence-corrected chi connectivity index (χ2v) is 4.41. The number of aromatic amines is 1. The summed E-state index contributed by atoms with van der Waals surface area (Å²) in [4.78, 5) is 23.1. The van der Waals surface area contributed by atoms with Gasteiger partial charge in [-0.3, -0.25) is 14.7 Å². The van der Waals surface area contributed by atoms with Crippen molar-refractivity contribution >= 4 is 17.1 Å². The number of rotatable bonds is 2. The molecule has 0 amide bonds. The van der Waals surface area contributed by atoms with E-state index in [4.69, 9.17) is 0 Å². The zero-order valence-electron chi connectivity index (χ0n) is 10.4. The molecule has 94 valence electrons. The minimum absolute atomic E-state index is 0.174. The van der Waals surface area contributed by atoms with Crippen molar-refractivity contribution in [1.82, 2.24) is 9.78 Å². The molecule has 0 spiro atoms. The van der Waals surface area contributed by atoms with E-state index < -0.39 is 0 Å². The SMILES string of the molecule is Cc1[nH]n(-c2cccc3ccccc23)c(=O)c1C=O. The highest BCUT2D eigenvalue weighted by atomic mass is 16.1. The van der Waals surface area contributed by atoms with Gasteiger partial charge in [-0.15, -0.1) is 0 Å². The molecule has 19 heavy (non-hydrogen) atoms. The molecule has 0 saturated carbocycles. The van der Waals surface area contributed by atoms with Gasteiger partial charge in [-0.25, -0.2) is 4.68 Å². The van der Waals surface area contributed by atoms with Crippen molar-refractivity contribution < 1.29 is 4.79 Å². The van der Waals surface area contributed by atoms with Gasteiger partial charge in [0.15, 0.2) is 6.29 Å². The normalized spacial score (nSPS) is 10.8. The van der Waals surface area contributed by atoms with Crippen LogP contribution < -0.4 is 5.56 Å². The maximum Gasteiger partial charge on any atom is 0.282 e. The van der Waals surface area contributed by atoms with Crippen molar-refractivity contribution in [2.24, 2.45) is 0 Å². The van der Waals surface area contributed by atoms with E-state index in [2.05, 4.69) is 5.10 Å². The molecule has 2 aromatic carbocycles. The Kier molecular flexibility index (Phi) is 2.56. The molecule has 0 bridgehead atoms. The first-order valence-corrected chi connectivity index (χ1v) is 5.97. The predicted molar refractivity (Wildman–Crippen MR) is 74.0 cm³/mol. The maximum atomic E-state index is 12.2. The lowest BCUT2D eigenvalue weighted by Crippen LogP contribution is -2.17. The first-order valence-electron chi connectivity index (χ1n) is 5.97. The highest BCUT2D eigenvalue weighted by molar-refractivity contribution is 5.90. The van der Waals surface area contributed by atoms with E-state index in [0.29, 0.717) is 12.0 Å². The molecule has 0 aliphatic carbocycles. The summed E-state index contributed by atoms with van der Waals surface area (Å²) >= 11 is 0. The molecule has 0 radical (unpaired) electrons. The summed E-state index contributed by atoms with van der Waals surface area (Å²) in [5, 5.41) is 4.96. The summed E-state index contributed by atoms with van der Waals surface area (Å²) < 4.78 is 1.42. The number of hydrogen-bond donors (Lipinski definition) is 1. The Balaban J connectivity index is 2.37. The molecule has 0 aliphatic heterocycles. The van der Waals surface area contributed by atoms with Crippen molar-refractivity contribution in [3.05, 3.63) is 64.1 Å². The Morgan fingerprint density at radius 2 is 1.84 bits per heavy atom. The minimum Gasteiger partial charge on any atom is -0.298 e. The van der Waals surface area contributed by atoms with E-state index in [1.165, 1.54) is 4.68 Å². The summed E-state index contributed by atoms with van der Waals surface area (Å²) in [5.41, 5.74) is 1.18. The van der Waals surface area contributed by atoms with Crippen LogP contribution in [0.1, 0.15) is 16.1 Å². The molecule has 1 aromatic heterocycles. The Morgan fingerprint density at radius 3 is 2.58 bits per heavy atom. The molecule has 1 N–H and O–H groups in total. The third-order valence-corrected chi connectivity index (χ3v) is 3.24. The van der Waals surface area contributed by atoms with Crippen LogP contribution in [-0.2, 0) is 0 Å². The van der Waals surface area contributed by atoms with Crippen molar-refractivity contribution in [1.29, 1.82) is 0 Å². The number of aromatic nitrogens is 2. The number of benzene rings is 2. The van der Waals surface area contributed by atoms with Crippen LogP contribution in [0.5, 0.6) is 0 Å². The van der Waals surface area contributed by atoms with Gasteiger partial charge in [-0.1, -0.05) is 36.4 Å². The van der Waals surface area contributed by atoms with Gasteiger partial charge in [0.05, 0.1) is 5.69 Å². The van der Waals surface area contributed by atoms with E-state index in [0.717, 1.165) is 16.5 Å². The Hall–Kier alpha value is -2.62. The molecule has 4 heteroatoms. The van der Waals surface area contributed by atoms with Crippen molar-refractivity contribution in [3.8, 4) is 5.69 Å². The van der Waals surface area contributed by atoms with E-state index in [-0.39, 0.29) is 11.1 Å². The molecule has 4 nitrogen and oxygen atoms in total. The van der Waals surface area contributed by atoms with Gasteiger partial charge in [0, 0.05) is 11.1 Å². The lowest BCUT2D eigenvalue weighted by atomic mass is 10.1. The monoisotopic (exact) mass is 252 g/mol. The number of nitrogens with one attached hydrogen (secondary N) is 1. The Labute approximate surface area is 109 Å². The van der Waals surface area contributed by atoms with E-state index in [1.807, 2.05) is 42.5 Å². The van der Waals surface area contributed by atoms with Crippen LogP contribution in [0.25, 0.3) is 16.5 Å². The van der Waals surface area contributed by atoms with Crippen LogP contribution in [0.3, 0.4) is 0 Å². The number of aryl methyl sites for hydroxylation is 1. The van der Waals surface area contributed by atoms with Gasteiger partial charge >= 0.3 is 0 Å². The van der Waals surface area contributed by atoms with Gasteiger partial charge in [-0.2, -0.15) is 0 Å². The first kappa shape index (κ1) is 11.5. The number of fused-ring (bicyclic) bond motifs is 1. The summed E-state index contributed by atoms with van der Waals surface area (Å²) in [5.74, 6) is 0. The van der Waals surface area contributed by atoms with Crippen molar-refractivity contribution in [2.45, 2.75) is 6.92 Å². The average molecular weight is 252 g/mol. The Morgan fingerprint density at radius 1 is 1.11 bits per heavy atom. The lowest BCUT2D eigenvalue weighted by Gasteiger charge is -2.06. The van der Waals surface area contributed by atoms with Gasteiger partial charge in [0.25, 0.3) is 5.56 Å². The molecule has 0 saturated heterocycles. The van der Waals surface area contributed by atoms with Crippen molar-refractivity contribution in [3.63, 3.8) is 0 Å². The smallest absolute Gasteiger partial charge is 0.282 e. The van der Waals surface area contributed by atoms with E-state index in [9.17, 15) is 9.59 Å². The van der Waals surface area contributed by atoms with Crippen LogP contribution in [0.4, 0.5) is 0 Å². The minimum atomic E-state index is -0.316. The molecule has 0 fully saturated rings. The number of aldehydes is 1. The zero-order chi connectivity index (χ0) is 13.4. The molecule has 1 heterocycles. The van der Waals surface area contributed by atoms with Gasteiger partial charge in [-0.05, 0) is 18.4 Å². The van der Waals surface area contributed by atoms with Crippen LogP contribution in [-0.4, -0.2) is 16.1 Å². The first-order chi connectivity index (χ1) is 9.22. The second kappa shape index (κ2) is 4.24. The highest BCUT2D eigenvalue weighted by Gasteiger charge is 2.12.